The molecule has 2 rings (SSSR count). The van der Waals surface area contributed by atoms with Crippen LogP contribution in [-0.4, -0.2) is 40.2 Å². The smallest absolute Gasteiger partial charge is 0.232 e. The molecule has 0 radical (unpaired) electrons. The van der Waals surface area contributed by atoms with Crippen molar-refractivity contribution in [2.45, 2.75) is 70.2 Å². The summed E-state index contributed by atoms with van der Waals surface area (Å²) < 4.78 is 5.31. The van der Waals surface area contributed by atoms with Gasteiger partial charge in [0.2, 0.25) is 5.89 Å². The molecule has 0 amide bonds. The van der Waals surface area contributed by atoms with Crippen molar-refractivity contribution in [2.75, 3.05) is 12.8 Å². The minimum Gasteiger partial charge on any atom is -0.357 e. The molecule has 1 aromatic rings. The van der Waals surface area contributed by atoms with E-state index in [9.17, 15) is 0 Å². The molecule has 2 unspecified atom stereocenters. The molecule has 0 aliphatic heterocycles. The van der Waals surface area contributed by atoms with E-state index in [0.717, 1.165) is 17.8 Å². The lowest BCUT2D eigenvalue weighted by molar-refractivity contribution is 0.318. The van der Waals surface area contributed by atoms with Crippen molar-refractivity contribution < 1.29 is 4.52 Å². The quantitative estimate of drug-likeness (QED) is 0.393. The Balaban J connectivity index is 0.00000288. The number of thioether (sulfide) groups is 1. The third-order valence-corrected chi connectivity index (χ3v) is 4.99. The lowest BCUT2D eigenvalue weighted by Gasteiger charge is -2.16. The second kappa shape index (κ2) is 9.84. The van der Waals surface area contributed by atoms with Gasteiger partial charge in [-0.2, -0.15) is 16.7 Å². The average molecular weight is 467 g/mol. The molecule has 1 saturated carbocycles. The zero-order valence-electron chi connectivity index (χ0n) is 15.3. The fraction of sp³-hybridized carbons (Fsp3) is 0.812. The minimum absolute atomic E-state index is 0. The van der Waals surface area contributed by atoms with Gasteiger partial charge in [-0.3, -0.25) is 0 Å². The summed E-state index contributed by atoms with van der Waals surface area (Å²) in [6.07, 6.45) is 5.86. The lowest BCUT2D eigenvalue weighted by atomic mass is 9.97. The zero-order valence-corrected chi connectivity index (χ0v) is 18.4. The summed E-state index contributed by atoms with van der Waals surface area (Å²) in [5.74, 6) is 2.11. The maximum Gasteiger partial charge on any atom is 0.232 e. The summed E-state index contributed by atoms with van der Waals surface area (Å²) in [7, 11) is 0. The molecule has 1 aromatic heterocycles. The van der Waals surface area contributed by atoms with Gasteiger partial charge in [-0.05, 0) is 32.4 Å². The fourth-order valence-electron chi connectivity index (χ4n) is 2.57. The third-order valence-electron chi connectivity index (χ3n) is 3.89. The summed E-state index contributed by atoms with van der Waals surface area (Å²) in [6, 6.07) is 0.501. The Morgan fingerprint density at radius 2 is 2.12 bits per heavy atom. The standard InChI is InChI=1S/C16H29N5OS.HI/c1-6-17-15(19-11-7-8-12(9-11)23-5)18-10-13-20-14(22-21-13)16(2,3)4;/h11-12H,6-10H2,1-5H3,(H2,17,18,19);1H. The second-order valence-corrected chi connectivity index (χ2v) is 8.11. The lowest BCUT2D eigenvalue weighted by Crippen LogP contribution is -2.42. The van der Waals surface area contributed by atoms with Gasteiger partial charge in [0.25, 0.3) is 0 Å². The van der Waals surface area contributed by atoms with Crippen LogP contribution in [0.4, 0.5) is 0 Å². The molecule has 24 heavy (non-hydrogen) atoms. The number of halogens is 1. The molecule has 0 bridgehead atoms. The fourth-order valence-corrected chi connectivity index (χ4v) is 3.37. The van der Waals surface area contributed by atoms with E-state index in [1.165, 1.54) is 19.3 Å². The summed E-state index contributed by atoms with van der Waals surface area (Å²) in [4.78, 5) is 9.02. The Hall–Kier alpha value is -0.510. The van der Waals surface area contributed by atoms with E-state index >= 15 is 0 Å². The van der Waals surface area contributed by atoms with Crippen LogP contribution in [-0.2, 0) is 12.0 Å². The van der Waals surface area contributed by atoms with Gasteiger partial charge in [-0.15, -0.1) is 24.0 Å². The molecule has 2 N–H and O–H groups in total. The number of nitrogens with one attached hydrogen (secondary N) is 2. The van der Waals surface area contributed by atoms with Gasteiger partial charge >= 0.3 is 0 Å². The van der Waals surface area contributed by atoms with Crippen molar-refractivity contribution in [2.24, 2.45) is 4.99 Å². The van der Waals surface area contributed by atoms with Crippen LogP contribution in [0.15, 0.2) is 9.52 Å². The molecule has 138 valence electrons. The van der Waals surface area contributed by atoms with Crippen LogP contribution in [0, 0.1) is 0 Å². The summed E-state index contributed by atoms with van der Waals surface area (Å²) >= 11 is 1.96. The van der Waals surface area contributed by atoms with Crippen LogP contribution < -0.4 is 10.6 Å². The Kier molecular flexibility index (Phi) is 8.83. The van der Waals surface area contributed by atoms with Crippen molar-refractivity contribution in [3.8, 4) is 0 Å². The van der Waals surface area contributed by atoms with Crippen LogP contribution in [0.3, 0.4) is 0 Å². The first-order valence-electron chi connectivity index (χ1n) is 8.33. The topological polar surface area (TPSA) is 75.3 Å². The molecule has 1 heterocycles. The molecule has 1 fully saturated rings. The van der Waals surface area contributed by atoms with Gasteiger partial charge in [-0.25, -0.2) is 4.99 Å². The van der Waals surface area contributed by atoms with Gasteiger partial charge in [0, 0.05) is 23.3 Å². The molecular formula is C16H30IN5OS. The number of hydrogen-bond donors (Lipinski definition) is 2. The van der Waals surface area contributed by atoms with Crippen molar-refractivity contribution in [3.05, 3.63) is 11.7 Å². The first kappa shape index (κ1) is 21.5. The number of aromatic nitrogens is 2. The van der Waals surface area contributed by atoms with Gasteiger partial charge < -0.3 is 15.2 Å². The largest absolute Gasteiger partial charge is 0.357 e. The van der Waals surface area contributed by atoms with Crippen LogP contribution in [0.25, 0.3) is 0 Å². The summed E-state index contributed by atoms with van der Waals surface area (Å²) in [6.45, 7) is 9.50. The second-order valence-electron chi connectivity index (χ2n) is 6.97. The number of nitrogens with zero attached hydrogens (tertiary/aromatic N) is 3. The van der Waals surface area contributed by atoms with E-state index in [2.05, 4.69) is 59.7 Å². The molecule has 0 saturated heterocycles. The van der Waals surface area contributed by atoms with Crippen LogP contribution in [0.1, 0.15) is 58.7 Å². The molecule has 1 aliphatic carbocycles. The minimum atomic E-state index is -0.131. The van der Waals surface area contributed by atoms with Crippen molar-refractivity contribution in [1.29, 1.82) is 0 Å². The van der Waals surface area contributed by atoms with Crippen molar-refractivity contribution in [3.63, 3.8) is 0 Å². The normalized spacial score (nSPS) is 21.5. The van der Waals surface area contributed by atoms with Crippen LogP contribution in [0.2, 0.25) is 0 Å². The average Bonchev–Trinajstić information content (AvgIpc) is 3.13. The molecular weight excluding hydrogens is 437 g/mol. The predicted molar refractivity (Wildman–Crippen MR) is 111 cm³/mol. The maximum atomic E-state index is 5.31. The summed E-state index contributed by atoms with van der Waals surface area (Å²) in [5.41, 5.74) is -0.131. The van der Waals surface area contributed by atoms with E-state index in [1.54, 1.807) is 0 Å². The maximum absolute atomic E-state index is 5.31. The van der Waals surface area contributed by atoms with E-state index in [0.29, 0.717) is 24.3 Å². The third kappa shape index (κ3) is 6.42. The van der Waals surface area contributed by atoms with E-state index in [1.807, 2.05) is 11.8 Å². The van der Waals surface area contributed by atoms with E-state index < -0.39 is 0 Å². The van der Waals surface area contributed by atoms with Crippen LogP contribution in [0.5, 0.6) is 0 Å². The molecule has 0 spiro atoms. The first-order valence-corrected chi connectivity index (χ1v) is 9.62. The highest BCUT2D eigenvalue weighted by Crippen LogP contribution is 2.28. The van der Waals surface area contributed by atoms with Crippen LogP contribution >= 0.6 is 35.7 Å². The number of guanidine groups is 1. The SMILES string of the molecule is CCNC(=NCc1noc(C(C)(C)C)n1)NC1CCC(SC)C1.I. The molecule has 1 aliphatic rings. The Labute approximate surface area is 166 Å². The van der Waals surface area contributed by atoms with Gasteiger partial charge in [0.15, 0.2) is 11.8 Å². The number of hydrogen-bond acceptors (Lipinski definition) is 5. The van der Waals surface area contributed by atoms with E-state index in [-0.39, 0.29) is 29.4 Å². The van der Waals surface area contributed by atoms with Gasteiger partial charge in [-0.1, -0.05) is 25.9 Å². The highest BCUT2D eigenvalue weighted by molar-refractivity contribution is 14.0. The number of aliphatic imine (C=N–C) groups is 1. The Morgan fingerprint density at radius 1 is 1.38 bits per heavy atom. The number of rotatable bonds is 5. The van der Waals surface area contributed by atoms with Crippen molar-refractivity contribution >= 4 is 41.7 Å². The Morgan fingerprint density at radius 3 is 2.67 bits per heavy atom. The first-order chi connectivity index (χ1) is 10.9. The Bertz CT molecular complexity index is 529. The summed E-state index contributed by atoms with van der Waals surface area (Å²) in [5, 5.41) is 11.6. The van der Waals surface area contributed by atoms with E-state index in [4.69, 9.17) is 4.52 Å². The molecule has 6 nitrogen and oxygen atoms in total. The molecule has 8 heteroatoms. The van der Waals surface area contributed by atoms with Gasteiger partial charge in [0.1, 0.15) is 6.54 Å². The highest BCUT2D eigenvalue weighted by atomic mass is 127. The zero-order chi connectivity index (χ0) is 16.9. The van der Waals surface area contributed by atoms with Gasteiger partial charge in [0.05, 0.1) is 0 Å². The molecule has 2 atom stereocenters. The predicted octanol–water partition coefficient (Wildman–Crippen LogP) is 3.32. The van der Waals surface area contributed by atoms with Crippen molar-refractivity contribution in [1.82, 2.24) is 20.8 Å². The highest BCUT2D eigenvalue weighted by Gasteiger charge is 2.25. The molecule has 0 aromatic carbocycles. The monoisotopic (exact) mass is 467 g/mol.